The van der Waals surface area contributed by atoms with E-state index in [4.69, 9.17) is 19.4 Å². The number of hydrogen-bond acceptors (Lipinski definition) is 4. The molecule has 0 bridgehead atoms. The van der Waals surface area contributed by atoms with Crippen LogP contribution in [-0.2, 0) is 0 Å². The van der Waals surface area contributed by atoms with Crippen LogP contribution >= 0.6 is 0 Å². The van der Waals surface area contributed by atoms with Gasteiger partial charge >= 0.3 is 0 Å². The average Bonchev–Trinajstić information content (AvgIpc) is 3.70. The molecule has 11 aromatic rings. The molecule has 11 rings (SSSR count). The molecule has 0 amide bonds. The maximum absolute atomic E-state index is 6.53. The molecule has 9 aromatic carbocycles. The number of nitrogens with zero attached hydrogens (tertiary/aromatic N) is 3. The zero-order chi connectivity index (χ0) is 39.1. The lowest BCUT2D eigenvalue weighted by atomic mass is 9.91. The van der Waals surface area contributed by atoms with Gasteiger partial charge in [0.2, 0.25) is 0 Å². The van der Waals surface area contributed by atoms with Gasteiger partial charge in [0.25, 0.3) is 0 Å². The fourth-order valence-corrected chi connectivity index (χ4v) is 8.24. The van der Waals surface area contributed by atoms with Crippen LogP contribution in [0.3, 0.4) is 0 Å². The van der Waals surface area contributed by atoms with Crippen LogP contribution in [0.5, 0.6) is 0 Å². The Balaban J connectivity index is 1.03. The highest BCUT2D eigenvalue weighted by atomic mass is 16.3. The number of aromatic nitrogens is 3. The Bertz CT molecular complexity index is 3280. The molecule has 0 spiro atoms. The van der Waals surface area contributed by atoms with E-state index in [-0.39, 0.29) is 0 Å². The number of hydrogen-bond donors (Lipinski definition) is 0. The average molecular weight is 754 g/mol. The molecule has 59 heavy (non-hydrogen) atoms. The standard InChI is InChI=1S/C55H35N3O/c1-4-13-36(14-5-1)38-23-27-40(28-24-38)44-32-33-45(47-20-11-10-19-46(44)47)43-31-34-50-49(35-43)52-48(21-12-22-51(52)59-50)55-57-53(41-17-8-3-9-18-41)56-54(58-55)42-29-25-39(26-30-42)37-15-6-2-7-16-37/h1-35H. The van der Waals surface area contributed by atoms with E-state index in [2.05, 4.69) is 164 Å². The van der Waals surface area contributed by atoms with Crippen LogP contribution < -0.4 is 0 Å². The molecule has 276 valence electrons. The van der Waals surface area contributed by atoms with E-state index in [1.54, 1.807) is 0 Å². The van der Waals surface area contributed by atoms with Crippen LogP contribution in [-0.4, -0.2) is 15.0 Å². The molecule has 0 fully saturated rings. The highest BCUT2D eigenvalue weighted by Gasteiger charge is 2.19. The van der Waals surface area contributed by atoms with E-state index in [1.165, 1.54) is 33.0 Å². The molecular formula is C55H35N3O. The van der Waals surface area contributed by atoms with E-state index < -0.39 is 0 Å². The quantitative estimate of drug-likeness (QED) is 0.163. The summed E-state index contributed by atoms with van der Waals surface area (Å²) in [6, 6.07) is 74.1. The van der Waals surface area contributed by atoms with Gasteiger partial charge in [-0.2, -0.15) is 0 Å². The topological polar surface area (TPSA) is 51.8 Å². The molecule has 0 saturated carbocycles. The zero-order valence-electron chi connectivity index (χ0n) is 32.0. The second kappa shape index (κ2) is 14.5. The molecule has 0 aliphatic rings. The van der Waals surface area contributed by atoms with Crippen molar-refractivity contribution < 1.29 is 4.42 Å². The Labute approximate surface area is 341 Å². The van der Waals surface area contributed by atoms with Crippen molar-refractivity contribution >= 4 is 32.7 Å². The second-order valence-electron chi connectivity index (χ2n) is 14.8. The first kappa shape index (κ1) is 34.3. The molecule has 0 aliphatic heterocycles. The van der Waals surface area contributed by atoms with Gasteiger partial charge in [-0.1, -0.05) is 194 Å². The van der Waals surface area contributed by atoms with Gasteiger partial charge in [0.15, 0.2) is 17.5 Å². The van der Waals surface area contributed by atoms with Crippen LogP contribution in [0.1, 0.15) is 0 Å². The summed E-state index contributed by atoms with van der Waals surface area (Å²) in [5, 5.41) is 4.38. The van der Waals surface area contributed by atoms with E-state index in [0.717, 1.165) is 60.9 Å². The van der Waals surface area contributed by atoms with E-state index in [1.807, 2.05) is 48.5 Å². The van der Waals surface area contributed by atoms with Gasteiger partial charge in [-0.05, 0) is 73.5 Å². The third-order valence-corrected chi connectivity index (χ3v) is 11.2. The van der Waals surface area contributed by atoms with Crippen molar-refractivity contribution in [2.24, 2.45) is 0 Å². The van der Waals surface area contributed by atoms with Crippen LogP contribution in [0.4, 0.5) is 0 Å². The first-order valence-electron chi connectivity index (χ1n) is 19.8. The number of rotatable bonds is 7. The minimum absolute atomic E-state index is 0.591. The zero-order valence-corrected chi connectivity index (χ0v) is 32.0. The lowest BCUT2D eigenvalue weighted by Gasteiger charge is -2.13. The Kier molecular flexibility index (Phi) is 8.45. The van der Waals surface area contributed by atoms with E-state index >= 15 is 0 Å². The molecule has 0 atom stereocenters. The molecule has 4 nitrogen and oxygen atoms in total. The van der Waals surface area contributed by atoms with Crippen LogP contribution in [0, 0.1) is 0 Å². The molecule has 0 N–H and O–H groups in total. The predicted octanol–water partition coefficient (Wildman–Crippen LogP) is 14.6. The normalized spacial score (nSPS) is 11.4. The van der Waals surface area contributed by atoms with Crippen LogP contribution in [0.25, 0.3) is 111 Å². The van der Waals surface area contributed by atoms with Gasteiger partial charge in [0.1, 0.15) is 11.2 Å². The van der Waals surface area contributed by atoms with Crippen molar-refractivity contribution in [3.63, 3.8) is 0 Å². The molecule has 0 radical (unpaired) electrons. The van der Waals surface area contributed by atoms with Crippen molar-refractivity contribution in [3.8, 4) is 78.7 Å². The van der Waals surface area contributed by atoms with E-state index in [0.29, 0.717) is 17.5 Å². The largest absolute Gasteiger partial charge is 0.456 e. The van der Waals surface area contributed by atoms with Gasteiger partial charge in [-0.25, -0.2) is 15.0 Å². The summed E-state index contributed by atoms with van der Waals surface area (Å²) in [6.45, 7) is 0. The van der Waals surface area contributed by atoms with Crippen LogP contribution in [0.2, 0.25) is 0 Å². The first-order chi connectivity index (χ1) is 29.2. The highest BCUT2D eigenvalue weighted by molar-refractivity contribution is 6.14. The number of furan rings is 1. The molecule has 4 heteroatoms. The minimum atomic E-state index is 0.591. The highest BCUT2D eigenvalue weighted by Crippen LogP contribution is 2.41. The maximum atomic E-state index is 6.53. The van der Waals surface area contributed by atoms with Gasteiger partial charge in [0, 0.05) is 27.5 Å². The fraction of sp³-hybridized carbons (Fsp3) is 0. The summed E-state index contributed by atoms with van der Waals surface area (Å²) in [4.78, 5) is 15.3. The summed E-state index contributed by atoms with van der Waals surface area (Å²) in [5.41, 5.74) is 13.7. The maximum Gasteiger partial charge on any atom is 0.164 e. The summed E-state index contributed by atoms with van der Waals surface area (Å²) in [6.07, 6.45) is 0. The molecule has 0 saturated heterocycles. The van der Waals surface area contributed by atoms with Crippen molar-refractivity contribution in [1.82, 2.24) is 15.0 Å². The Hall–Kier alpha value is -7.95. The summed E-state index contributed by atoms with van der Waals surface area (Å²) in [7, 11) is 0. The van der Waals surface area contributed by atoms with Crippen molar-refractivity contribution in [3.05, 3.63) is 212 Å². The van der Waals surface area contributed by atoms with Gasteiger partial charge < -0.3 is 4.42 Å². The summed E-state index contributed by atoms with van der Waals surface area (Å²) in [5.74, 6) is 1.82. The number of fused-ring (bicyclic) bond motifs is 4. The number of benzene rings is 9. The smallest absolute Gasteiger partial charge is 0.164 e. The molecule has 0 aliphatic carbocycles. The monoisotopic (exact) mass is 753 g/mol. The third kappa shape index (κ3) is 6.34. The van der Waals surface area contributed by atoms with Gasteiger partial charge in [0.05, 0.1) is 0 Å². The Morgan fingerprint density at radius 1 is 0.254 bits per heavy atom. The summed E-state index contributed by atoms with van der Waals surface area (Å²) < 4.78 is 6.53. The Morgan fingerprint density at radius 3 is 1.29 bits per heavy atom. The Morgan fingerprint density at radius 2 is 0.695 bits per heavy atom. The van der Waals surface area contributed by atoms with Crippen LogP contribution in [0.15, 0.2) is 217 Å². The SMILES string of the molecule is c1ccc(-c2ccc(-c3nc(-c4ccccc4)nc(-c4cccc5oc6ccc(-c7ccc(-c8ccc(-c9ccccc9)cc8)c8ccccc78)cc6c45)n3)cc2)cc1. The third-order valence-electron chi connectivity index (χ3n) is 11.2. The fourth-order valence-electron chi connectivity index (χ4n) is 8.24. The van der Waals surface area contributed by atoms with Crippen molar-refractivity contribution in [1.29, 1.82) is 0 Å². The lowest BCUT2D eigenvalue weighted by molar-refractivity contribution is 0.669. The molecular weight excluding hydrogens is 719 g/mol. The summed E-state index contributed by atoms with van der Waals surface area (Å²) >= 11 is 0. The van der Waals surface area contributed by atoms with Gasteiger partial charge in [-0.3, -0.25) is 0 Å². The lowest BCUT2D eigenvalue weighted by Crippen LogP contribution is -2.00. The minimum Gasteiger partial charge on any atom is -0.456 e. The predicted molar refractivity (Wildman–Crippen MR) is 243 cm³/mol. The van der Waals surface area contributed by atoms with E-state index in [9.17, 15) is 0 Å². The molecule has 0 unspecified atom stereocenters. The first-order valence-corrected chi connectivity index (χ1v) is 19.8. The van der Waals surface area contributed by atoms with Gasteiger partial charge in [-0.15, -0.1) is 0 Å². The molecule has 2 heterocycles. The second-order valence-corrected chi connectivity index (χ2v) is 14.8. The molecule has 2 aromatic heterocycles. The van der Waals surface area contributed by atoms with Crippen molar-refractivity contribution in [2.45, 2.75) is 0 Å². The van der Waals surface area contributed by atoms with Crippen molar-refractivity contribution in [2.75, 3.05) is 0 Å².